The molecular formula is C30H34N2O5. The summed E-state index contributed by atoms with van der Waals surface area (Å²) in [5.41, 5.74) is 2.53. The number of carboxylic acid groups (broad SMARTS) is 1. The van der Waals surface area contributed by atoms with Crippen LogP contribution in [-0.2, 0) is 4.79 Å². The number of likely N-dealkylation sites (tertiary alicyclic amines) is 1. The number of aromatic nitrogens is 1. The van der Waals surface area contributed by atoms with Gasteiger partial charge in [-0.3, -0.25) is 14.7 Å². The third-order valence-corrected chi connectivity index (χ3v) is 7.17. The highest BCUT2D eigenvalue weighted by atomic mass is 16.5. The van der Waals surface area contributed by atoms with Gasteiger partial charge in [-0.1, -0.05) is 17.9 Å². The number of carboxylic acids is 1. The molecule has 0 aliphatic carbocycles. The van der Waals surface area contributed by atoms with Gasteiger partial charge < -0.3 is 19.7 Å². The Balaban J connectivity index is 1.38. The smallest absolute Gasteiger partial charge is 0.303 e. The van der Waals surface area contributed by atoms with Gasteiger partial charge in [0.05, 0.1) is 32.4 Å². The van der Waals surface area contributed by atoms with Gasteiger partial charge >= 0.3 is 5.97 Å². The Morgan fingerprint density at radius 1 is 1.14 bits per heavy atom. The topological polar surface area (TPSA) is 92.1 Å². The van der Waals surface area contributed by atoms with E-state index in [2.05, 4.69) is 21.7 Å². The first-order valence-electron chi connectivity index (χ1n) is 12.6. The zero-order valence-corrected chi connectivity index (χ0v) is 21.4. The summed E-state index contributed by atoms with van der Waals surface area (Å²) in [5.74, 6) is 7.37. The van der Waals surface area contributed by atoms with Crippen molar-refractivity contribution >= 4 is 16.9 Å². The monoisotopic (exact) mass is 502 g/mol. The number of hydrogen-bond donors (Lipinski definition) is 2. The summed E-state index contributed by atoms with van der Waals surface area (Å²) in [6.07, 6.45) is 3.39. The summed E-state index contributed by atoms with van der Waals surface area (Å²) < 4.78 is 10.6. The predicted octanol–water partition coefficient (Wildman–Crippen LogP) is 4.53. The molecule has 0 bridgehead atoms. The minimum atomic E-state index is -0.785. The van der Waals surface area contributed by atoms with Crippen LogP contribution in [0, 0.1) is 23.7 Å². The second-order valence-electron chi connectivity index (χ2n) is 9.55. The van der Waals surface area contributed by atoms with Crippen molar-refractivity contribution in [3.63, 3.8) is 0 Å². The van der Waals surface area contributed by atoms with Gasteiger partial charge in [0.15, 0.2) is 0 Å². The average molecular weight is 503 g/mol. The van der Waals surface area contributed by atoms with Gasteiger partial charge in [0.1, 0.15) is 11.5 Å². The van der Waals surface area contributed by atoms with E-state index in [9.17, 15) is 15.0 Å². The zero-order valence-electron chi connectivity index (χ0n) is 21.4. The van der Waals surface area contributed by atoms with E-state index in [0.717, 1.165) is 52.9 Å². The Kier molecular flexibility index (Phi) is 8.99. The number of aliphatic hydroxyl groups is 1. The van der Waals surface area contributed by atoms with E-state index in [1.807, 2.05) is 48.5 Å². The van der Waals surface area contributed by atoms with Crippen molar-refractivity contribution < 1.29 is 24.5 Å². The standard InChI is InChI=1S/C30H34N2O5/c1-36-24-7-3-5-21(17-24)6-4-15-32-16-13-22(23(20-32)18-30(34)35)8-11-29(33)26-12-14-31-28-10-9-25(37-2)19-27(26)28/h3,5,7,9-10,12,14,17,19,22-23,29,33H,8,11,13,15-16,18,20H2,1-2H3,(H,34,35)/t22-,23+,29-/m1/s1. The van der Waals surface area contributed by atoms with E-state index in [-0.39, 0.29) is 18.3 Å². The zero-order chi connectivity index (χ0) is 26.2. The van der Waals surface area contributed by atoms with Crippen LogP contribution in [0.3, 0.4) is 0 Å². The van der Waals surface area contributed by atoms with Gasteiger partial charge in [0.2, 0.25) is 0 Å². The maximum atomic E-state index is 11.6. The van der Waals surface area contributed by atoms with Gasteiger partial charge in [-0.2, -0.15) is 0 Å². The molecule has 7 heteroatoms. The fraction of sp³-hybridized carbons (Fsp3) is 0.400. The van der Waals surface area contributed by atoms with E-state index in [4.69, 9.17) is 9.47 Å². The molecular weight excluding hydrogens is 468 g/mol. The van der Waals surface area contributed by atoms with Crippen LogP contribution in [0.25, 0.3) is 10.9 Å². The second kappa shape index (κ2) is 12.6. The molecule has 0 unspecified atom stereocenters. The summed E-state index contributed by atoms with van der Waals surface area (Å²) in [4.78, 5) is 18.3. The van der Waals surface area contributed by atoms with Crippen molar-refractivity contribution in [2.45, 2.75) is 31.8 Å². The molecule has 1 aromatic heterocycles. The highest BCUT2D eigenvalue weighted by molar-refractivity contribution is 5.83. The van der Waals surface area contributed by atoms with Gasteiger partial charge in [0.25, 0.3) is 0 Å². The Morgan fingerprint density at radius 3 is 2.73 bits per heavy atom. The number of fused-ring (bicyclic) bond motifs is 1. The number of ether oxygens (including phenoxy) is 2. The maximum absolute atomic E-state index is 11.6. The van der Waals surface area contributed by atoms with Crippen molar-refractivity contribution in [2.75, 3.05) is 33.9 Å². The summed E-state index contributed by atoms with van der Waals surface area (Å²) in [5, 5.41) is 21.5. The normalized spacial score (nSPS) is 18.6. The Morgan fingerprint density at radius 2 is 1.95 bits per heavy atom. The number of pyridine rings is 1. The van der Waals surface area contributed by atoms with Crippen LogP contribution in [0.1, 0.15) is 42.9 Å². The summed E-state index contributed by atoms with van der Waals surface area (Å²) in [7, 11) is 3.25. The molecule has 2 heterocycles. The van der Waals surface area contributed by atoms with E-state index >= 15 is 0 Å². The Bertz CT molecular complexity index is 1280. The molecule has 2 N–H and O–H groups in total. The van der Waals surface area contributed by atoms with Crippen LogP contribution in [0.4, 0.5) is 0 Å². The van der Waals surface area contributed by atoms with Gasteiger partial charge in [-0.15, -0.1) is 0 Å². The highest BCUT2D eigenvalue weighted by Crippen LogP contribution is 2.34. The molecule has 1 aliphatic heterocycles. The lowest BCUT2D eigenvalue weighted by Crippen LogP contribution is -2.41. The van der Waals surface area contributed by atoms with Crippen LogP contribution in [0.5, 0.6) is 11.5 Å². The number of piperidine rings is 1. The number of aliphatic hydroxyl groups excluding tert-OH is 1. The predicted molar refractivity (Wildman–Crippen MR) is 143 cm³/mol. The third kappa shape index (κ3) is 7.00. The molecule has 2 aromatic carbocycles. The minimum absolute atomic E-state index is 0.0198. The highest BCUT2D eigenvalue weighted by Gasteiger charge is 2.31. The first kappa shape index (κ1) is 26.5. The average Bonchev–Trinajstić information content (AvgIpc) is 2.91. The lowest BCUT2D eigenvalue weighted by Gasteiger charge is -2.37. The number of aliphatic carboxylic acids is 1. The molecule has 0 spiro atoms. The molecule has 3 atom stereocenters. The number of nitrogens with zero attached hydrogens (tertiary/aromatic N) is 2. The summed E-state index contributed by atoms with van der Waals surface area (Å²) in [6.45, 7) is 2.14. The molecule has 7 nitrogen and oxygen atoms in total. The van der Waals surface area contributed by atoms with Gasteiger partial charge in [0, 0.05) is 30.1 Å². The van der Waals surface area contributed by atoms with E-state index in [0.29, 0.717) is 19.5 Å². The second-order valence-corrected chi connectivity index (χ2v) is 9.55. The maximum Gasteiger partial charge on any atom is 0.303 e. The summed E-state index contributed by atoms with van der Waals surface area (Å²) in [6, 6.07) is 15.2. The number of carbonyl (C=O) groups is 1. The number of benzene rings is 2. The van der Waals surface area contributed by atoms with Crippen LogP contribution < -0.4 is 9.47 Å². The molecule has 1 saturated heterocycles. The molecule has 0 radical (unpaired) electrons. The SMILES string of the molecule is COc1cccc(C#CCN2CC[C@@H](CC[C@@H](O)c3ccnc4ccc(OC)cc34)[C@@H](CC(=O)O)C2)c1. The van der Waals surface area contributed by atoms with Crippen molar-refractivity contribution in [3.05, 3.63) is 65.9 Å². The third-order valence-electron chi connectivity index (χ3n) is 7.17. The van der Waals surface area contributed by atoms with Gasteiger partial charge in [-0.25, -0.2) is 0 Å². The van der Waals surface area contributed by atoms with E-state index < -0.39 is 12.1 Å². The fourth-order valence-electron chi connectivity index (χ4n) is 5.18. The van der Waals surface area contributed by atoms with Gasteiger partial charge in [-0.05, 0) is 85.7 Å². The van der Waals surface area contributed by atoms with Crippen molar-refractivity contribution in [1.82, 2.24) is 9.88 Å². The number of methoxy groups -OCH3 is 2. The lowest BCUT2D eigenvalue weighted by atomic mass is 9.79. The van der Waals surface area contributed by atoms with Crippen molar-refractivity contribution in [3.8, 4) is 23.3 Å². The first-order chi connectivity index (χ1) is 18.0. The van der Waals surface area contributed by atoms with Crippen molar-refractivity contribution in [2.24, 2.45) is 11.8 Å². The van der Waals surface area contributed by atoms with Crippen LogP contribution >= 0.6 is 0 Å². The minimum Gasteiger partial charge on any atom is -0.497 e. The molecule has 194 valence electrons. The lowest BCUT2D eigenvalue weighted by molar-refractivity contribution is -0.139. The molecule has 3 aromatic rings. The Hall–Kier alpha value is -3.60. The summed E-state index contributed by atoms with van der Waals surface area (Å²) >= 11 is 0. The quantitative estimate of drug-likeness (QED) is 0.415. The molecule has 37 heavy (non-hydrogen) atoms. The Labute approximate surface area is 218 Å². The number of hydrogen-bond acceptors (Lipinski definition) is 6. The van der Waals surface area contributed by atoms with Crippen LogP contribution in [-0.4, -0.2) is 59.9 Å². The molecule has 1 aliphatic rings. The molecule has 0 saturated carbocycles. The number of rotatable bonds is 9. The molecule has 1 fully saturated rings. The molecule has 0 amide bonds. The molecule has 4 rings (SSSR count). The fourth-order valence-corrected chi connectivity index (χ4v) is 5.18. The van der Waals surface area contributed by atoms with Crippen LogP contribution in [0.2, 0.25) is 0 Å². The van der Waals surface area contributed by atoms with E-state index in [1.54, 1.807) is 20.4 Å². The van der Waals surface area contributed by atoms with Crippen LogP contribution in [0.15, 0.2) is 54.7 Å². The van der Waals surface area contributed by atoms with E-state index in [1.165, 1.54) is 0 Å². The largest absolute Gasteiger partial charge is 0.497 e. The van der Waals surface area contributed by atoms with Crippen molar-refractivity contribution in [1.29, 1.82) is 0 Å². The first-order valence-corrected chi connectivity index (χ1v) is 12.6.